The lowest BCUT2D eigenvalue weighted by Crippen LogP contribution is -2.59. The van der Waals surface area contributed by atoms with Gasteiger partial charge in [0.2, 0.25) is 17.7 Å². The van der Waals surface area contributed by atoms with Crippen molar-refractivity contribution in [2.75, 3.05) is 13.6 Å². The Kier molecular flexibility index (Phi) is 10.3. The maximum absolute atomic E-state index is 14.0. The van der Waals surface area contributed by atoms with Gasteiger partial charge in [-0.25, -0.2) is 0 Å². The Hall–Kier alpha value is -3.18. The van der Waals surface area contributed by atoms with Crippen LogP contribution in [-0.2, 0) is 25.6 Å². The van der Waals surface area contributed by atoms with Crippen molar-refractivity contribution in [3.8, 4) is 12.3 Å². The molecule has 0 unspecified atom stereocenters. The van der Waals surface area contributed by atoms with Crippen LogP contribution in [0.3, 0.4) is 0 Å². The second-order valence-electron chi connectivity index (χ2n) is 12.0. The molecule has 0 aromatic heterocycles. The van der Waals surface area contributed by atoms with Gasteiger partial charge in [-0.05, 0) is 62.1 Å². The number of carbonyl (C=O) groups excluding carboxylic acids is 4. The molecule has 0 radical (unpaired) electrons. The molecule has 1 aromatic rings. The van der Waals surface area contributed by atoms with Crippen LogP contribution in [0.15, 0.2) is 24.3 Å². The third-order valence-corrected chi connectivity index (χ3v) is 7.98. The smallest absolute Gasteiger partial charge is 0.246 e. The first-order valence-electron chi connectivity index (χ1n) is 14.1. The quantitative estimate of drug-likeness (QED) is 0.399. The molecular formula is C31H44N4O4. The molecule has 1 aromatic carbocycles. The van der Waals surface area contributed by atoms with E-state index in [4.69, 9.17) is 6.42 Å². The minimum Gasteiger partial charge on any atom is -0.351 e. The van der Waals surface area contributed by atoms with Gasteiger partial charge in [-0.15, -0.1) is 12.3 Å². The summed E-state index contributed by atoms with van der Waals surface area (Å²) in [4.78, 5) is 54.7. The van der Waals surface area contributed by atoms with E-state index >= 15 is 0 Å². The maximum atomic E-state index is 14.0. The van der Waals surface area contributed by atoms with E-state index in [2.05, 4.69) is 34.0 Å². The van der Waals surface area contributed by atoms with E-state index in [0.29, 0.717) is 19.3 Å². The van der Waals surface area contributed by atoms with E-state index in [1.807, 2.05) is 32.9 Å². The predicted molar refractivity (Wildman–Crippen MR) is 152 cm³/mol. The molecule has 3 amide bonds. The summed E-state index contributed by atoms with van der Waals surface area (Å²) in [5.74, 6) is 1.79. The molecule has 8 heteroatoms. The zero-order valence-corrected chi connectivity index (χ0v) is 24.0. The summed E-state index contributed by atoms with van der Waals surface area (Å²) in [6, 6.07) is 5.93. The summed E-state index contributed by atoms with van der Waals surface area (Å²) >= 11 is 0. The van der Waals surface area contributed by atoms with Gasteiger partial charge < -0.3 is 20.9 Å². The number of hydrogen-bond acceptors (Lipinski definition) is 5. The number of Topliss-reactive ketones (excluding diaryl/α,β-unsaturated/α-hetero) is 1. The molecule has 1 saturated heterocycles. The number of amides is 3. The minimum absolute atomic E-state index is 0.00648. The van der Waals surface area contributed by atoms with E-state index in [1.54, 1.807) is 18.9 Å². The van der Waals surface area contributed by atoms with Crippen LogP contribution < -0.4 is 16.0 Å². The normalized spacial score (nSPS) is 22.3. The largest absolute Gasteiger partial charge is 0.351 e. The minimum atomic E-state index is -0.831. The number of fused-ring (bicyclic) bond motifs is 1. The zero-order chi connectivity index (χ0) is 28.7. The molecule has 1 aliphatic heterocycles. The summed E-state index contributed by atoms with van der Waals surface area (Å²) in [6.07, 6.45) is 9.48. The van der Waals surface area contributed by atoms with Crippen molar-refractivity contribution in [1.29, 1.82) is 0 Å². The number of hydrogen-bond donors (Lipinski definition) is 3. The lowest BCUT2D eigenvalue weighted by Gasteiger charge is -2.36. The summed E-state index contributed by atoms with van der Waals surface area (Å²) < 4.78 is 0. The Morgan fingerprint density at radius 3 is 2.56 bits per heavy atom. The van der Waals surface area contributed by atoms with Crippen LogP contribution in [0.4, 0.5) is 0 Å². The van der Waals surface area contributed by atoms with Crippen molar-refractivity contribution in [2.45, 2.75) is 103 Å². The van der Waals surface area contributed by atoms with Crippen LogP contribution in [0.1, 0.15) is 83.3 Å². The SMILES string of the molecule is C#CCCC(=O)N[C@H]1C[C@@H](C(=O)C[C@@H]2CCCc3ccccc32)N(C(=O)[C@@H](NC(=O)[C@H](C)NC)C(C)(C)C)C1. The summed E-state index contributed by atoms with van der Waals surface area (Å²) in [5.41, 5.74) is 1.91. The molecule has 3 N–H and O–H groups in total. The average molecular weight is 537 g/mol. The molecular weight excluding hydrogens is 492 g/mol. The fourth-order valence-corrected chi connectivity index (χ4v) is 5.63. The van der Waals surface area contributed by atoms with Gasteiger partial charge in [-0.2, -0.15) is 0 Å². The van der Waals surface area contributed by atoms with Crippen molar-refractivity contribution in [1.82, 2.24) is 20.9 Å². The fourth-order valence-electron chi connectivity index (χ4n) is 5.63. The Morgan fingerprint density at radius 1 is 1.18 bits per heavy atom. The van der Waals surface area contributed by atoms with Crippen LogP contribution in [0.5, 0.6) is 0 Å². The van der Waals surface area contributed by atoms with Crippen LogP contribution in [-0.4, -0.2) is 66.2 Å². The summed E-state index contributed by atoms with van der Waals surface area (Å²) in [7, 11) is 1.68. The Balaban J connectivity index is 1.85. The van der Waals surface area contributed by atoms with Crippen LogP contribution in [0.2, 0.25) is 0 Å². The molecule has 1 heterocycles. The molecule has 212 valence electrons. The average Bonchev–Trinajstić information content (AvgIpc) is 3.32. The lowest BCUT2D eigenvalue weighted by atomic mass is 9.79. The second kappa shape index (κ2) is 13.3. The van der Waals surface area contributed by atoms with Crippen LogP contribution >= 0.6 is 0 Å². The summed E-state index contributed by atoms with van der Waals surface area (Å²) in [6.45, 7) is 7.62. The molecule has 8 nitrogen and oxygen atoms in total. The molecule has 2 aliphatic rings. The first-order chi connectivity index (χ1) is 18.5. The van der Waals surface area contributed by atoms with Gasteiger partial charge in [0.1, 0.15) is 6.04 Å². The molecule has 0 bridgehead atoms. The van der Waals surface area contributed by atoms with E-state index < -0.39 is 23.5 Å². The molecule has 1 fully saturated rings. The number of ketones is 1. The number of benzene rings is 1. The molecule has 3 rings (SSSR count). The van der Waals surface area contributed by atoms with Crippen molar-refractivity contribution < 1.29 is 19.2 Å². The number of carbonyl (C=O) groups is 4. The predicted octanol–water partition coefficient (Wildman–Crippen LogP) is 2.70. The highest BCUT2D eigenvalue weighted by molar-refractivity contribution is 5.95. The molecule has 39 heavy (non-hydrogen) atoms. The van der Waals surface area contributed by atoms with Gasteiger partial charge in [0, 0.05) is 31.8 Å². The molecule has 1 aliphatic carbocycles. The molecule has 5 atom stereocenters. The van der Waals surface area contributed by atoms with Crippen LogP contribution in [0, 0.1) is 17.8 Å². The fraction of sp³-hybridized carbons (Fsp3) is 0.613. The topological polar surface area (TPSA) is 108 Å². The first kappa shape index (κ1) is 30.4. The van der Waals surface area contributed by atoms with E-state index in [0.717, 1.165) is 19.3 Å². The number of rotatable bonds is 10. The third-order valence-electron chi connectivity index (χ3n) is 7.98. The van der Waals surface area contributed by atoms with E-state index in [1.165, 1.54) is 11.1 Å². The van der Waals surface area contributed by atoms with Crippen molar-refractivity contribution in [3.63, 3.8) is 0 Å². The van der Waals surface area contributed by atoms with Crippen LogP contribution in [0.25, 0.3) is 0 Å². The summed E-state index contributed by atoms with van der Waals surface area (Å²) in [5, 5.41) is 8.78. The molecule has 0 saturated carbocycles. The van der Waals surface area contributed by atoms with Crippen molar-refractivity contribution in [3.05, 3.63) is 35.4 Å². The Morgan fingerprint density at radius 2 is 1.90 bits per heavy atom. The highest BCUT2D eigenvalue weighted by Gasteiger charge is 2.45. The standard InChI is InChI=1S/C31H44N4O4/c1-7-8-16-27(37)33-23-18-25(26(36)17-22-14-11-13-21-12-9-10-15-24(21)22)35(19-23)30(39)28(31(3,4)5)34-29(38)20(2)32-6/h1,9-10,12,15,20,22-23,25,28,32H,8,11,13-14,16-19H2,2-6H3,(H,33,37)(H,34,38)/t20-,22-,23-,25-,28+/m0/s1. The van der Waals surface area contributed by atoms with Crippen molar-refractivity contribution >= 4 is 23.5 Å². The van der Waals surface area contributed by atoms with E-state index in [9.17, 15) is 19.2 Å². The van der Waals surface area contributed by atoms with Gasteiger partial charge in [-0.1, -0.05) is 45.0 Å². The van der Waals surface area contributed by atoms with Gasteiger partial charge in [-0.3, -0.25) is 19.2 Å². The van der Waals surface area contributed by atoms with Gasteiger partial charge in [0.25, 0.3) is 0 Å². The maximum Gasteiger partial charge on any atom is 0.246 e. The Bertz CT molecular complexity index is 1100. The number of nitrogens with zero attached hydrogens (tertiary/aromatic N) is 1. The second-order valence-corrected chi connectivity index (χ2v) is 12.0. The number of likely N-dealkylation sites (N-methyl/N-ethyl adjacent to an activating group) is 1. The van der Waals surface area contributed by atoms with Gasteiger partial charge in [0.05, 0.1) is 12.1 Å². The highest BCUT2D eigenvalue weighted by atomic mass is 16.2. The van der Waals surface area contributed by atoms with Gasteiger partial charge >= 0.3 is 0 Å². The van der Waals surface area contributed by atoms with Gasteiger partial charge in [0.15, 0.2) is 5.78 Å². The lowest BCUT2D eigenvalue weighted by molar-refractivity contribution is -0.143. The monoisotopic (exact) mass is 536 g/mol. The Labute approximate surface area is 233 Å². The highest BCUT2D eigenvalue weighted by Crippen LogP contribution is 2.36. The third kappa shape index (κ3) is 7.69. The molecule has 0 spiro atoms. The number of aryl methyl sites for hydroxylation is 1. The zero-order valence-electron chi connectivity index (χ0n) is 24.0. The number of likely N-dealkylation sites (tertiary alicyclic amines) is 1. The van der Waals surface area contributed by atoms with Crippen molar-refractivity contribution in [2.24, 2.45) is 5.41 Å². The van der Waals surface area contributed by atoms with E-state index in [-0.39, 0.29) is 48.4 Å². The first-order valence-corrected chi connectivity index (χ1v) is 14.1. The number of nitrogens with one attached hydrogen (secondary N) is 3. The number of terminal acetylenes is 1.